The number of rotatable bonds is 23. The van der Waals surface area contributed by atoms with Gasteiger partial charge in [-0.3, -0.25) is 53.8 Å². The number of aliphatic hydroxyl groups excluding tert-OH is 1. The summed E-state index contributed by atoms with van der Waals surface area (Å²) >= 11 is 12.1. The zero-order valence-electron chi connectivity index (χ0n) is 71.4. The lowest BCUT2D eigenvalue weighted by atomic mass is 10.1. The molecular formula is C95H113Cl2N11O12Si2. The van der Waals surface area contributed by atoms with Crippen molar-refractivity contribution in [2.24, 2.45) is 5.73 Å². The second-order valence-corrected chi connectivity index (χ2v) is 43.5. The molecule has 0 saturated carbocycles. The van der Waals surface area contributed by atoms with Gasteiger partial charge in [0.05, 0.1) is 101 Å². The van der Waals surface area contributed by atoms with Crippen LogP contribution < -0.4 is 53.8 Å². The van der Waals surface area contributed by atoms with E-state index in [1.54, 1.807) is 40.3 Å². The number of benzene rings is 10. The Morgan fingerprint density at radius 2 is 0.648 bits per heavy atom. The smallest absolute Gasteiger partial charge is 0.259 e. The first-order valence-electron chi connectivity index (χ1n) is 40.5. The number of nitrogens with two attached hydrogens (primary N) is 3. The van der Waals surface area contributed by atoms with Crippen LogP contribution in [0.3, 0.4) is 0 Å². The molecule has 10 aromatic carbocycles. The Hall–Kier alpha value is -12.2. The van der Waals surface area contributed by atoms with Gasteiger partial charge in [0.1, 0.15) is 0 Å². The first kappa shape index (κ1) is 95.2. The summed E-state index contributed by atoms with van der Waals surface area (Å²) in [5.41, 5.74) is 30.8. The standard InChI is InChI=1S/C31H39N3O2Si.C22H19N3O2.C17H23Cl2NO2Si.C8H7N3O2.C8H8O3.C7H9N.C2H6O.H2/c1-21(2)37(22(3)4,23(5)6)34-30(35)26-17-28(32-19-24-13-9-7-10-14-24)29(18-27(26)31(34)36)33-20-25-15-11-8-12-16-25;26-21-17-11-19(23-13-15-7-3-1-4-8-15)20(12-18(17)22(27)25-21)24-14-16-9-5-2-6-10-16;1-9(2)23(10(3)4,11(5)6)20-16(21)12-7-14(18)15(19)8-13(12)17(20)22;9-5-1-3-4(2-6(5)10)8(13)11-7(3)12;1-11-7-4-2-3-6(5-9)8(7)10;8-6-7-4-2-1-3-5-7;1-2-3;/h7-18,21-23,32-33H,19-20H2,1-6H3;1-12,23-24H,13-14H2,(H,25,26,27);7-11H,1-6H3;1-2H,9-10H2,(H,11,12,13);2-5,10H,1H3;1-5H,6,8H2;3H,2H2,1H3;1H. The van der Waals surface area contributed by atoms with Gasteiger partial charge in [-0.2, -0.15) is 0 Å². The zero-order valence-corrected chi connectivity index (χ0v) is 74.9. The van der Waals surface area contributed by atoms with Gasteiger partial charge in [0.15, 0.2) is 34.3 Å². The number of hydrogen-bond acceptors (Lipinski definition) is 19. The molecular weight excluding hydrogens is 1610 g/mol. The van der Waals surface area contributed by atoms with E-state index in [-0.39, 0.29) is 99.2 Å². The largest absolute Gasteiger partial charge is 0.504 e. The highest BCUT2D eigenvalue weighted by atomic mass is 35.5. The van der Waals surface area contributed by atoms with Crippen LogP contribution in [0.4, 0.5) is 34.1 Å². The lowest BCUT2D eigenvalue weighted by Gasteiger charge is -2.48. The Morgan fingerprint density at radius 1 is 0.402 bits per heavy atom. The van der Waals surface area contributed by atoms with Gasteiger partial charge in [-0.05, 0) is 129 Å². The number of nitrogen functional groups attached to an aromatic ring is 2. The van der Waals surface area contributed by atoms with E-state index in [1.165, 1.54) is 43.0 Å². The molecule has 642 valence electrons. The number of nitrogens with zero attached hydrogens (tertiary/aromatic N) is 2. The van der Waals surface area contributed by atoms with E-state index in [4.69, 9.17) is 50.2 Å². The molecule has 27 heteroatoms. The topological polar surface area (TPSA) is 360 Å². The number of amides is 8. The monoisotopic (exact) mass is 1730 g/mol. The maximum Gasteiger partial charge on any atom is 0.259 e. The number of para-hydroxylation sites is 1. The molecule has 10 aromatic rings. The van der Waals surface area contributed by atoms with E-state index < -0.39 is 28.3 Å². The van der Waals surface area contributed by atoms with Gasteiger partial charge in [0.25, 0.3) is 47.3 Å². The molecule has 14 rings (SSSR count). The molecule has 0 bridgehead atoms. The highest BCUT2D eigenvalue weighted by molar-refractivity contribution is 6.86. The van der Waals surface area contributed by atoms with E-state index in [9.17, 15) is 48.3 Å². The molecule has 4 aliphatic heterocycles. The average Bonchev–Trinajstić information content (AvgIpc) is 1.57. The van der Waals surface area contributed by atoms with Crippen molar-refractivity contribution in [2.45, 2.75) is 156 Å². The van der Waals surface area contributed by atoms with Crippen molar-refractivity contribution in [3.05, 3.63) is 306 Å². The van der Waals surface area contributed by atoms with Crippen molar-refractivity contribution < 1.29 is 59.5 Å². The van der Waals surface area contributed by atoms with Crippen LogP contribution in [-0.2, 0) is 32.7 Å². The number of phenolic OH excluding ortho intramolecular Hbond substituents is 1. The van der Waals surface area contributed by atoms with Crippen LogP contribution in [0.2, 0.25) is 43.3 Å². The molecule has 14 N–H and O–H groups in total. The highest BCUT2D eigenvalue weighted by Crippen LogP contribution is 2.50. The molecule has 0 saturated heterocycles. The van der Waals surface area contributed by atoms with Crippen LogP contribution in [0.5, 0.6) is 11.5 Å². The van der Waals surface area contributed by atoms with Gasteiger partial charge < -0.3 is 62.5 Å². The predicted molar refractivity (Wildman–Crippen MR) is 496 cm³/mol. The normalized spacial score (nSPS) is 12.9. The number of aromatic hydroxyl groups is 1. The number of hydrogen-bond donors (Lipinski definition) is 11. The molecule has 8 amide bonds. The summed E-state index contributed by atoms with van der Waals surface area (Å²) in [5.74, 6) is -2.06. The average molecular weight is 1730 g/mol. The Morgan fingerprint density at radius 3 is 0.885 bits per heavy atom. The van der Waals surface area contributed by atoms with Crippen molar-refractivity contribution in [1.29, 1.82) is 0 Å². The number of imide groups is 4. The van der Waals surface area contributed by atoms with Crippen LogP contribution in [-0.4, -0.2) is 103 Å². The maximum absolute atomic E-state index is 14.0. The third kappa shape index (κ3) is 22.1. The van der Waals surface area contributed by atoms with Crippen molar-refractivity contribution >= 4 is 127 Å². The lowest BCUT2D eigenvalue weighted by molar-refractivity contribution is 0.0726. The number of carbonyl (C=O) groups is 9. The molecule has 0 fully saturated rings. The van der Waals surface area contributed by atoms with Crippen molar-refractivity contribution in [3.63, 3.8) is 0 Å². The first-order valence-corrected chi connectivity index (χ1v) is 45.6. The fraction of sp³-hybridized carbons (Fsp3) is 0.274. The van der Waals surface area contributed by atoms with Crippen LogP contribution in [0.15, 0.2) is 218 Å². The van der Waals surface area contributed by atoms with Crippen LogP contribution in [0.25, 0.3) is 0 Å². The minimum atomic E-state index is -2.50. The maximum atomic E-state index is 14.0. The molecule has 0 aromatic heterocycles. The zero-order chi connectivity index (χ0) is 89.4. The second kappa shape index (κ2) is 43.8. The number of ether oxygens (including phenoxy) is 1. The number of nitrogens with one attached hydrogen (secondary N) is 6. The molecule has 23 nitrogen and oxygen atoms in total. The number of anilines is 6. The van der Waals surface area contributed by atoms with Crippen LogP contribution in [0, 0.1) is 0 Å². The number of aliphatic hydroxyl groups is 1. The molecule has 0 atom stereocenters. The fourth-order valence-corrected chi connectivity index (χ4v) is 29.7. The summed E-state index contributed by atoms with van der Waals surface area (Å²) in [6, 6.07) is 68.2. The van der Waals surface area contributed by atoms with Crippen LogP contribution in [0.1, 0.15) is 212 Å². The van der Waals surface area contributed by atoms with Gasteiger partial charge in [-0.1, -0.05) is 264 Å². The quantitative estimate of drug-likeness (QED) is 0.0123. The Bertz CT molecular complexity index is 5080. The molecule has 0 aliphatic carbocycles. The first-order chi connectivity index (χ1) is 58.2. The fourth-order valence-electron chi connectivity index (χ4n) is 16.4. The van der Waals surface area contributed by atoms with Crippen molar-refractivity contribution in [1.82, 2.24) is 19.8 Å². The number of phenols is 1. The number of fused-ring (bicyclic) bond motifs is 4. The number of methoxy groups -OCH3 is 1. The van der Waals surface area contributed by atoms with E-state index in [0.29, 0.717) is 99.6 Å². The number of carbonyl (C=O) groups excluding carboxylic acids is 9. The minimum absolute atomic E-state index is 0. The van der Waals surface area contributed by atoms with Crippen LogP contribution >= 0.6 is 23.2 Å². The minimum Gasteiger partial charge on any atom is -0.504 e. The van der Waals surface area contributed by atoms with E-state index in [2.05, 4.69) is 139 Å². The van der Waals surface area contributed by atoms with Crippen molar-refractivity contribution in [3.8, 4) is 11.5 Å². The third-order valence-electron chi connectivity index (χ3n) is 21.8. The summed E-state index contributed by atoms with van der Waals surface area (Å²) < 4.78 is 8.07. The summed E-state index contributed by atoms with van der Waals surface area (Å²) in [5, 5.41) is 35.7. The summed E-state index contributed by atoms with van der Waals surface area (Å²) in [6.07, 6.45) is 0.581. The number of halogens is 2. The van der Waals surface area contributed by atoms with E-state index in [0.717, 1.165) is 45.0 Å². The molecule has 4 heterocycles. The highest BCUT2D eigenvalue weighted by Gasteiger charge is 2.58. The molecule has 4 aliphatic rings. The molecule has 122 heavy (non-hydrogen) atoms. The van der Waals surface area contributed by atoms with Gasteiger partial charge in [0, 0.05) is 40.8 Å². The van der Waals surface area contributed by atoms with E-state index in [1.807, 2.05) is 140 Å². The molecule has 0 spiro atoms. The SMILES string of the molecule is CC(C)[Si](C(C)C)(C(C)C)N1C(=O)c2cc(Cl)c(Cl)cc2C1=O.CC(C)[Si](C(C)C)(C(C)C)N1C(=O)c2cc(NCc3ccccc3)c(NCc3ccccc3)cc2C1=O.CCO.COc1cccc(C=O)c1O.NCc1ccccc1.Nc1cc2c(cc1N)C(=O)NC2=O.O=C1NC(=O)c2cc(NCc3ccccc3)c(NCc3ccccc3)cc21.[HH]. The Labute approximate surface area is 728 Å². The lowest BCUT2D eigenvalue weighted by Crippen LogP contribution is -2.62. The van der Waals surface area contributed by atoms with Gasteiger partial charge in [-0.15, -0.1) is 0 Å². The van der Waals surface area contributed by atoms with Gasteiger partial charge in [0.2, 0.25) is 0 Å². The molecule has 0 radical (unpaired) electrons. The molecule has 0 unspecified atom stereocenters. The third-order valence-corrected chi connectivity index (χ3v) is 36.0. The predicted octanol–water partition coefficient (Wildman–Crippen LogP) is 19.6. The van der Waals surface area contributed by atoms with Gasteiger partial charge >= 0.3 is 0 Å². The number of aldehydes is 1. The summed E-state index contributed by atoms with van der Waals surface area (Å²) in [7, 11) is -3.47. The Kier molecular flexibility index (Phi) is 34.2. The summed E-state index contributed by atoms with van der Waals surface area (Å²) in [4.78, 5) is 111. The van der Waals surface area contributed by atoms with Crippen molar-refractivity contribution in [2.75, 3.05) is 46.5 Å². The van der Waals surface area contributed by atoms with E-state index >= 15 is 0 Å². The second-order valence-electron chi connectivity index (χ2n) is 31.3. The van der Waals surface area contributed by atoms with Gasteiger partial charge in [-0.25, -0.2) is 0 Å². The Balaban J connectivity index is 0.000000214. The summed E-state index contributed by atoms with van der Waals surface area (Å²) in [6.45, 7) is 30.8.